The molecule has 2 aromatic rings. The Morgan fingerprint density at radius 3 is 2.65 bits per heavy atom. The Bertz CT molecular complexity index is 706. The fourth-order valence-corrected chi connectivity index (χ4v) is 4.41. The summed E-state index contributed by atoms with van der Waals surface area (Å²) in [6, 6.07) is 8.26. The van der Waals surface area contributed by atoms with E-state index in [9.17, 15) is 8.42 Å². The number of nitrogens with one attached hydrogen (secondary N) is 1. The quantitative estimate of drug-likeness (QED) is 0.822. The van der Waals surface area contributed by atoms with Gasteiger partial charge in [-0.05, 0) is 52.7 Å². The van der Waals surface area contributed by atoms with Gasteiger partial charge in [0, 0.05) is 27.4 Å². The predicted octanol–water partition coefficient (Wildman–Crippen LogP) is 3.65. The molecule has 4 nitrogen and oxygen atoms in total. The van der Waals surface area contributed by atoms with Crippen LogP contribution in [0.5, 0.6) is 0 Å². The first-order valence-corrected chi connectivity index (χ1v) is 8.84. The van der Waals surface area contributed by atoms with Gasteiger partial charge in [-0.2, -0.15) is 0 Å². The zero-order valence-corrected chi connectivity index (χ0v) is 14.5. The van der Waals surface area contributed by atoms with Gasteiger partial charge >= 0.3 is 0 Å². The largest absolute Gasteiger partial charge is 0.264 e. The summed E-state index contributed by atoms with van der Waals surface area (Å²) in [6.45, 7) is 1.78. The molecule has 20 heavy (non-hydrogen) atoms. The molecule has 0 aliphatic heterocycles. The standard InChI is InChI=1S/C13H12Br2N2O2S/c1-9(10-3-2-6-16-8-10)17-20(18,19)13-7-11(14)4-5-12(13)15/h2-9,17H,1H3. The highest BCUT2D eigenvalue weighted by atomic mass is 79.9. The van der Waals surface area contributed by atoms with Gasteiger partial charge in [0.05, 0.1) is 4.90 Å². The molecule has 0 amide bonds. The molecular formula is C13H12Br2N2O2S. The average Bonchev–Trinajstić information content (AvgIpc) is 2.42. The zero-order valence-electron chi connectivity index (χ0n) is 10.5. The number of halogens is 2. The van der Waals surface area contributed by atoms with E-state index in [0.717, 1.165) is 5.56 Å². The van der Waals surface area contributed by atoms with Gasteiger partial charge in [-0.3, -0.25) is 4.98 Å². The van der Waals surface area contributed by atoms with Crippen molar-refractivity contribution >= 4 is 41.9 Å². The second-order valence-electron chi connectivity index (χ2n) is 4.20. The highest BCUT2D eigenvalue weighted by Gasteiger charge is 2.21. The van der Waals surface area contributed by atoms with Crippen LogP contribution in [0.25, 0.3) is 0 Å². The van der Waals surface area contributed by atoms with Crippen molar-refractivity contribution in [3.05, 3.63) is 57.2 Å². The number of aromatic nitrogens is 1. The van der Waals surface area contributed by atoms with Gasteiger partial charge in [-0.15, -0.1) is 0 Å². The van der Waals surface area contributed by atoms with Gasteiger partial charge in [0.15, 0.2) is 0 Å². The second kappa shape index (κ2) is 6.34. The number of benzene rings is 1. The Balaban J connectivity index is 2.30. The molecule has 0 saturated heterocycles. The molecule has 106 valence electrons. The van der Waals surface area contributed by atoms with Gasteiger partial charge in [-0.1, -0.05) is 22.0 Å². The maximum absolute atomic E-state index is 12.4. The Kier molecular flexibility index (Phi) is 4.95. The summed E-state index contributed by atoms with van der Waals surface area (Å²) >= 11 is 6.54. The summed E-state index contributed by atoms with van der Waals surface area (Å²) < 4.78 is 28.7. The maximum atomic E-state index is 12.4. The highest BCUT2D eigenvalue weighted by molar-refractivity contribution is 9.11. The van der Waals surface area contributed by atoms with Crippen molar-refractivity contribution in [2.45, 2.75) is 17.9 Å². The van der Waals surface area contributed by atoms with Crippen LogP contribution in [0.4, 0.5) is 0 Å². The topological polar surface area (TPSA) is 59.1 Å². The lowest BCUT2D eigenvalue weighted by Crippen LogP contribution is -2.27. The van der Waals surface area contributed by atoms with E-state index in [0.29, 0.717) is 8.95 Å². The number of hydrogen-bond donors (Lipinski definition) is 1. The first-order valence-electron chi connectivity index (χ1n) is 5.77. The minimum atomic E-state index is -3.62. The van der Waals surface area contributed by atoms with Crippen LogP contribution in [0.3, 0.4) is 0 Å². The smallest absolute Gasteiger partial charge is 0.242 e. The molecule has 1 aromatic heterocycles. The number of pyridine rings is 1. The van der Waals surface area contributed by atoms with Crippen molar-refractivity contribution in [3.8, 4) is 0 Å². The van der Waals surface area contributed by atoms with Crippen LogP contribution < -0.4 is 4.72 Å². The van der Waals surface area contributed by atoms with Crippen molar-refractivity contribution < 1.29 is 8.42 Å². The van der Waals surface area contributed by atoms with Crippen LogP contribution >= 0.6 is 31.9 Å². The Labute approximate surface area is 134 Å². The molecule has 0 spiro atoms. The van der Waals surface area contributed by atoms with E-state index in [1.54, 1.807) is 43.6 Å². The van der Waals surface area contributed by atoms with E-state index < -0.39 is 10.0 Å². The summed E-state index contributed by atoms with van der Waals surface area (Å²) in [7, 11) is -3.62. The summed E-state index contributed by atoms with van der Waals surface area (Å²) in [5.74, 6) is 0. The Morgan fingerprint density at radius 2 is 2.00 bits per heavy atom. The number of nitrogens with zero attached hydrogens (tertiary/aromatic N) is 1. The molecule has 7 heteroatoms. The van der Waals surface area contributed by atoms with Gasteiger partial charge in [0.1, 0.15) is 0 Å². The molecule has 0 radical (unpaired) electrons. The highest BCUT2D eigenvalue weighted by Crippen LogP contribution is 2.26. The van der Waals surface area contributed by atoms with Crippen molar-refractivity contribution in [3.63, 3.8) is 0 Å². The average molecular weight is 420 g/mol. The summed E-state index contributed by atoms with van der Waals surface area (Å²) in [4.78, 5) is 4.19. The Morgan fingerprint density at radius 1 is 1.25 bits per heavy atom. The first-order chi connectivity index (χ1) is 9.40. The van der Waals surface area contributed by atoms with Crippen LogP contribution in [0, 0.1) is 0 Å². The molecule has 1 N–H and O–H groups in total. The fourth-order valence-electron chi connectivity index (χ4n) is 1.68. The minimum Gasteiger partial charge on any atom is -0.264 e. The van der Waals surface area contributed by atoms with Crippen LogP contribution in [0.15, 0.2) is 56.6 Å². The molecule has 0 saturated carbocycles. The number of hydrogen-bond acceptors (Lipinski definition) is 3. The van der Waals surface area contributed by atoms with Gasteiger partial charge in [0.25, 0.3) is 0 Å². The SMILES string of the molecule is CC(NS(=O)(=O)c1cc(Br)ccc1Br)c1cccnc1. The number of rotatable bonds is 4. The lowest BCUT2D eigenvalue weighted by Gasteiger charge is -2.15. The van der Waals surface area contributed by atoms with Crippen LogP contribution in [-0.4, -0.2) is 13.4 Å². The normalized spacial score (nSPS) is 13.2. The first kappa shape index (κ1) is 15.6. The molecule has 1 unspecified atom stereocenters. The third-order valence-electron chi connectivity index (χ3n) is 2.70. The zero-order chi connectivity index (χ0) is 14.8. The summed E-state index contributed by atoms with van der Waals surface area (Å²) in [5.41, 5.74) is 0.808. The van der Waals surface area contributed by atoms with Crippen molar-refractivity contribution in [1.29, 1.82) is 0 Å². The summed E-state index contributed by atoms with van der Waals surface area (Å²) in [5, 5.41) is 0. The lowest BCUT2D eigenvalue weighted by atomic mass is 10.2. The van der Waals surface area contributed by atoms with Crippen molar-refractivity contribution in [1.82, 2.24) is 9.71 Å². The van der Waals surface area contributed by atoms with E-state index in [-0.39, 0.29) is 10.9 Å². The fraction of sp³-hybridized carbons (Fsp3) is 0.154. The van der Waals surface area contributed by atoms with E-state index in [1.807, 2.05) is 6.07 Å². The molecule has 2 rings (SSSR count). The predicted molar refractivity (Wildman–Crippen MR) is 84.8 cm³/mol. The molecule has 0 aliphatic rings. The van der Waals surface area contributed by atoms with Crippen LogP contribution in [0.2, 0.25) is 0 Å². The third-order valence-corrected chi connectivity index (χ3v) is 5.73. The minimum absolute atomic E-state index is 0.197. The van der Waals surface area contributed by atoms with Crippen molar-refractivity contribution in [2.24, 2.45) is 0 Å². The van der Waals surface area contributed by atoms with Crippen LogP contribution in [0.1, 0.15) is 18.5 Å². The molecule has 0 aliphatic carbocycles. The molecule has 1 atom stereocenters. The molecular weight excluding hydrogens is 408 g/mol. The lowest BCUT2D eigenvalue weighted by molar-refractivity contribution is 0.566. The molecule has 0 bridgehead atoms. The molecule has 0 fully saturated rings. The Hall–Kier alpha value is -0.760. The van der Waals surface area contributed by atoms with Crippen molar-refractivity contribution in [2.75, 3.05) is 0 Å². The maximum Gasteiger partial charge on any atom is 0.242 e. The monoisotopic (exact) mass is 418 g/mol. The van der Waals surface area contributed by atoms with E-state index in [4.69, 9.17) is 0 Å². The van der Waals surface area contributed by atoms with E-state index in [2.05, 4.69) is 41.6 Å². The summed E-state index contributed by atoms with van der Waals surface area (Å²) in [6.07, 6.45) is 3.29. The second-order valence-corrected chi connectivity index (χ2v) is 7.66. The van der Waals surface area contributed by atoms with Gasteiger partial charge < -0.3 is 0 Å². The van der Waals surface area contributed by atoms with E-state index in [1.165, 1.54) is 0 Å². The van der Waals surface area contributed by atoms with Crippen LogP contribution in [-0.2, 0) is 10.0 Å². The van der Waals surface area contributed by atoms with Gasteiger partial charge in [0.2, 0.25) is 10.0 Å². The third kappa shape index (κ3) is 3.66. The van der Waals surface area contributed by atoms with E-state index >= 15 is 0 Å². The number of sulfonamides is 1. The molecule has 1 heterocycles. The molecule has 1 aromatic carbocycles. The van der Waals surface area contributed by atoms with Gasteiger partial charge in [-0.25, -0.2) is 13.1 Å².